The maximum atomic E-state index is 13.3. The maximum absolute atomic E-state index is 13.3. The van der Waals surface area contributed by atoms with Crippen molar-refractivity contribution in [2.45, 2.75) is 38.6 Å². The number of amides is 2. The first-order valence-electron chi connectivity index (χ1n) is 10.00. The van der Waals surface area contributed by atoms with Crippen LogP contribution in [0.2, 0.25) is 0 Å². The smallest absolute Gasteiger partial charge is 0.255 e. The van der Waals surface area contributed by atoms with Crippen molar-refractivity contribution in [1.82, 2.24) is 4.90 Å². The molecule has 0 bridgehead atoms. The summed E-state index contributed by atoms with van der Waals surface area (Å²) in [6, 6.07) is 13.7. The van der Waals surface area contributed by atoms with Crippen LogP contribution in [0.15, 0.2) is 42.5 Å². The number of fused-ring (bicyclic) bond motifs is 1. The van der Waals surface area contributed by atoms with E-state index in [1.807, 2.05) is 4.90 Å². The minimum atomic E-state index is -0.570. The van der Waals surface area contributed by atoms with Gasteiger partial charge in [0.15, 0.2) is 18.1 Å². The Labute approximate surface area is 171 Å². The van der Waals surface area contributed by atoms with Crippen LogP contribution in [0, 0.1) is 0 Å². The van der Waals surface area contributed by atoms with Gasteiger partial charge in [0.1, 0.15) is 0 Å². The molecular formula is C23H28N2O4. The molecule has 3 rings (SSSR count). The van der Waals surface area contributed by atoms with E-state index in [-0.39, 0.29) is 18.6 Å². The summed E-state index contributed by atoms with van der Waals surface area (Å²) in [5.41, 5.74) is 8.38. The summed E-state index contributed by atoms with van der Waals surface area (Å²) < 4.78 is 10.7. The summed E-state index contributed by atoms with van der Waals surface area (Å²) in [5.74, 6) is 0.203. The van der Waals surface area contributed by atoms with Gasteiger partial charge in [-0.25, -0.2) is 0 Å². The molecular weight excluding hydrogens is 368 g/mol. The highest BCUT2D eigenvalue weighted by molar-refractivity contribution is 5.95. The summed E-state index contributed by atoms with van der Waals surface area (Å²) in [6.07, 6.45) is 3.71. The molecule has 2 aromatic rings. The number of aryl methyl sites for hydroxylation is 1. The third kappa shape index (κ3) is 4.88. The van der Waals surface area contributed by atoms with Gasteiger partial charge >= 0.3 is 0 Å². The zero-order valence-electron chi connectivity index (χ0n) is 17.0. The van der Waals surface area contributed by atoms with Crippen LogP contribution in [0.25, 0.3) is 0 Å². The molecule has 0 aromatic heterocycles. The number of hydrogen-bond donors (Lipinski definition) is 1. The lowest BCUT2D eigenvalue weighted by atomic mass is 9.87. The maximum Gasteiger partial charge on any atom is 0.255 e. The second-order valence-corrected chi connectivity index (χ2v) is 7.28. The second kappa shape index (κ2) is 9.45. The Hall–Kier alpha value is -3.02. The zero-order chi connectivity index (χ0) is 20.8. The molecule has 2 N–H and O–H groups in total. The molecule has 0 aliphatic heterocycles. The number of nitrogens with two attached hydrogens (primary N) is 1. The summed E-state index contributed by atoms with van der Waals surface area (Å²) in [7, 11) is 1.50. The van der Waals surface area contributed by atoms with Crippen molar-refractivity contribution < 1.29 is 19.1 Å². The third-order valence-electron chi connectivity index (χ3n) is 5.27. The number of ether oxygens (including phenoxy) is 2. The Bertz CT molecular complexity index is 881. The number of carbonyl (C=O) groups is 2. The quantitative estimate of drug-likeness (QED) is 0.744. The van der Waals surface area contributed by atoms with E-state index in [1.54, 1.807) is 18.2 Å². The van der Waals surface area contributed by atoms with Gasteiger partial charge in [-0.05, 0) is 55.0 Å². The number of rotatable bonds is 8. The molecule has 6 heteroatoms. The summed E-state index contributed by atoms with van der Waals surface area (Å²) in [4.78, 5) is 26.3. The molecule has 1 unspecified atom stereocenters. The van der Waals surface area contributed by atoms with Gasteiger partial charge in [0.05, 0.1) is 7.11 Å². The van der Waals surface area contributed by atoms with E-state index < -0.39 is 5.91 Å². The Morgan fingerprint density at radius 3 is 2.59 bits per heavy atom. The van der Waals surface area contributed by atoms with Gasteiger partial charge in [-0.15, -0.1) is 0 Å². The van der Waals surface area contributed by atoms with Gasteiger partial charge in [0.25, 0.3) is 11.8 Å². The highest BCUT2D eigenvalue weighted by Crippen LogP contribution is 2.30. The number of benzene rings is 2. The van der Waals surface area contributed by atoms with Gasteiger partial charge in [0.2, 0.25) is 0 Å². The molecule has 0 saturated carbocycles. The molecule has 2 aromatic carbocycles. The molecule has 2 amide bonds. The predicted molar refractivity (Wildman–Crippen MR) is 111 cm³/mol. The van der Waals surface area contributed by atoms with E-state index in [1.165, 1.54) is 18.2 Å². The fourth-order valence-electron chi connectivity index (χ4n) is 3.87. The Morgan fingerprint density at radius 2 is 1.90 bits per heavy atom. The lowest BCUT2D eigenvalue weighted by Gasteiger charge is -2.35. The molecule has 0 saturated heterocycles. The molecule has 1 aliphatic rings. The highest BCUT2D eigenvalue weighted by Gasteiger charge is 2.28. The largest absolute Gasteiger partial charge is 0.493 e. The van der Waals surface area contributed by atoms with Gasteiger partial charge in [-0.2, -0.15) is 0 Å². The minimum Gasteiger partial charge on any atom is -0.493 e. The van der Waals surface area contributed by atoms with Crippen LogP contribution < -0.4 is 15.2 Å². The van der Waals surface area contributed by atoms with Crippen molar-refractivity contribution in [1.29, 1.82) is 0 Å². The van der Waals surface area contributed by atoms with E-state index in [2.05, 4.69) is 31.2 Å². The van der Waals surface area contributed by atoms with Crippen molar-refractivity contribution in [2.24, 2.45) is 5.73 Å². The molecule has 0 spiro atoms. The fourth-order valence-corrected chi connectivity index (χ4v) is 3.87. The first-order chi connectivity index (χ1) is 14.0. The predicted octanol–water partition coefficient (Wildman–Crippen LogP) is 2.97. The van der Waals surface area contributed by atoms with Crippen molar-refractivity contribution in [3.8, 4) is 11.5 Å². The Balaban J connectivity index is 1.81. The van der Waals surface area contributed by atoms with E-state index in [0.29, 0.717) is 23.6 Å². The number of hydrogen-bond acceptors (Lipinski definition) is 4. The number of carbonyl (C=O) groups excluding carboxylic acids is 2. The molecule has 1 aliphatic carbocycles. The molecule has 6 nitrogen and oxygen atoms in total. The number of methoxy groups -OCH3 is 1. The summed E-state index contributed by atoms with van der Waals surface area (Å²) >= 11 is 0. The van der Waals surface area contributed by atoms with Gasteiger partial charge < -0.3 is 20.1 Å². The van der Waals surface area contributed by atoms with Crippen LogP contribution in [0.3, 0.4) is 0 Å². The van der Waals surface area contributed by atoms with E-state index in [9.17, 15) is 9.59 Å². The normalized spacial score (nSPS) is 15.3. The molecule has 0 heterocycles. The second-order valence-electron chi connectivity index (χ2n) is 7.28. The monoisotopic (exact) mass is 396 g/mol. The van der Waals surface area contributed by atoms with Crippen LogP contribution in [0.5, 0.6) is 11.5 Å². The Morgan fingerprint density at radius 1 is 1.14 bits per heavy atom. The number of primary amides is 1. The first kappa shape index (κ1) is 20.7. The number of nitrogens with zero attached hydrogens (tertiary/aromatic N) is 1. The lowest BCUT2D eigenvalue weighted by Crippen LogP contribution is -2.43. The van der Waals surface area contributed by atoms with Crippen molar-refractivity contribution in [3.05, 3.63) is 59.2 Å². The van der Waals surface area contributed by atoms with Crippen molar-refractivity contribution in [2.75, 3.05) is 20.3 Å². The van der Waals surface area contributed by atoms with E-state index in [0.717, 1.165) is 25.7 Å². The third-order valence-corrected chi connectivity index (χ3v) is 5.27. The lowest BCUT2D eigenvalue weighted by molar-refractivity contribution is -0.119. The van der Waals surface area contributed by atoms with Gasteiger partial charge in [0, 0.05) is 18.2 Å². The van der Waals surface area contributed by atoms with Gasteiger partial charge in [-0.3, -0.25) is 9.59 Å². The standard InChI is InChI=1S/C23H28N2O4/c1-3-12-25(19-10-8-16-6-4-5-7-17(16)13-19)23(27)18-9-11-20(21(14-18)28-2)29-15-22(24)26/h4-7,9,11,14,19H,3,8,10,12-13,15H2,1-2H3,(H2,24,26). The highest BCUT2D eigenvalue weighted by atomic mass is 16.5. The van der Waals surface area contributed by atoms with E-state index >= 15 is 0 Å². The first-order valence-corrected chi connectivity index (χ1v) is 10.00. The van der Waals surface area contributed by atoms with Crippen LogP contribution in [-0.2, 0) is 17.6 Å². The summed E-state index contributed by atoms with van der Waals surface area (Å²) in [5, 5.41) is 0. The van der Waals surface area contributed by atoms with Crippen LogP contribution in [-0.4, -0.2) is 43.0 Å². The molecule has 29 heavy (non-hydrogen) atoms. The SMILES string of the molecule is CCCN(C(=O)c1ccc(OCC(N)=O)c(OC)c1)C1CCc2ccccc2C1. The molecule has 0 fully saturated rings. The topological polar surface area (TPSA) is 81.9 Å². The van der Waals surface area contributed by atoms with Crippen molar-refractivity contribution in [3.63, 3.8) is 0 Å². The average Bonchev–Trinajstić information content (AvgIpc) is 2.75. The van der Waals surface area contributed by atoms with Crippen LogP contribution in [0.4, 0.5) is 0 Å². The molecule has 154 valence electrons. The summed E-state index contributed by atoms with van der Waals surface area (Å²) in [6.45, 7) is 2.54. The van der Waals surface area contributed by atoms with E-state index in [4.69, 9.17) is 15.2 Å². The zero-order valence-corrected chi connectivity index (χ0v) is 17.0. The van der Waals surface area contributed by atoms with Crippen LogP contribution in [0.1, 0.15) is 41.3 Å². The van der Waals surface area contributed by atoms with Crippen molar-refractivity contribution >= 4 is 11.8 Å². The average molecular weight is 396 g/mol. The van der Waals surface area contributed by atoms with Gasteiger partial charge in [-0.1, -0.05) is 31.2 Å². The minimum absolute atomic E-state index is 0.0176. The fraction of sp³-hybridized carbons (Fsp3) is 0.391. The Kier molecular flexibility index (Phi) is 6.75. The molecule has 0 radical (unpaired) electrons. The molecule has 1 atom stereocenters. The van der Waals surface area contributed by atoms with Crippen LogP contribution >= 0.6 is 0 Å².